The SMILES string of the molecule is CCSCCC(C)N1CNC(c2ccccc2)C1=O. The lowest BCUT2D eigenvalue weighted by atomic mass is 10.1. The van der Waals surface area contributed by atoms with Crippen LogP contribution in [0.3, 0.4) is 0 Å². The molecule has 1 aliphatic heterocycles. The zero-order valence-electron chi connectivity index (χ0n) is 11.6. The van der Waals surface area contributed by atoms with Crippen molar-refractivity contribution >= 4 is 17.7 Å². The maximum absolute atomic E-state index is 12.4. The van der Waals surface area contributed by atoms with Gasteiger partial charge in [-0.3, -0.25) is 10.1 Å². The molecule has 1 aromatic rings. The number of hydrogen-bond donors (Lipinski definition) is 1. The molecule has 0 aliphatic carbocycles. The molecular weight excluding hydrogens is 256 g/mol. The maximum Gasteiger partial charge on any atom is 0.245 e. The minimum Gasteiger partial charge on any atom is -0.326 e. The lowest BCUT2D eigenvalue weighted by molar-refractivity contribution is -0.130. The zero-order valence-corrected chi connectivity index (χ0v) is 12.5. The molecule has 1 amide bonds. The van der Waals surface area contributed by atoms with Crippen molar-refractivity contribution in [3.8, 4) is 0 Å². The molecule has 0 radical (unpaired) electrons. The Morgan fingerprint density at radius 1 is 1.42 bits per heavy atom. The molecule has 0 aromatic heterocycles. The van der Waals surface area contributed by atoms with E-state index in [9.17, 15) is 4.79 Å². The third-order valence-electron chi connectivity index (χ3n) is 3.54. The van der Waals surface area contributed by atoms with E-state index in [0.29, 0.717) is 12.7 Å². The van der Waals surface area contributed by atoms with Crippen LogP contribution in [0.1, 0.15) is 31.9 Å². The topological polar surface area (TPSA) is 32.3 Å². The van der Waals surface area contributed by atoms with Gasteiger partial charge in [-0.1, -0.05) is 37.3 Å². The molecule has 2 rings (SSSR count). The van der Waals surface area contributed by atoms with E-state index in [1.54, 1.807) is 0 Å². The van der Waals surface area contributed by atoms with Gasteiger partial charge >= 0.3 is 0 Å². The highest BCUT2D eigenvalue weighted by molar-refractivity contribution is 7.99. The van der Waals surface area contributed by atoms with Crippen LogP contribution >= 0.6 is 11.8 Å². The molecule has 1 N–H and O–H groups in total. The van der Waals surface area contributed by atoms with Crippen molar-refractivity contribution in [3.63, 3.8) is 0 Å². The monoisotopic (exact) mass is 278 g/mol. The standard InChI is InChI=1S/C15H22N2OS/c1-3-19-10-9-12(2)17-11-16-14(15(17)18)13-7-5-4-6-8-13/h4-8,12,14,16H,3,9-11H2,1-2H3. The van der Waals surface area contributed by atoms with E-state index >= 15 is 0 Å². The fraction of sp³-hybridized carbons (Fsp3) is 0.533. The molecule has 1 fully saturated rings. The average Bonchev–Trinajstić information content (AvgIpc) is 2.82. The van der Waals surface area contributed by atoms with Gasteiger partial charge in [-0.15, -0.1) is 0 Å². The summed E-state index contributed by atoms with van der Waals surface area (Å²) in [5.41, 5.74) is 1.06. The van der Waals surface area contributed by atoms with Gasteiger partial charge in [-0.05, 0) is 30.4 Å². The van der Waals surface area contributed by atoms with Gasteiger partial charge in [0.2, 0.25) is 5.91 Å². The number of thioether (sulfide) groups is 1. The van der Waals surface area contributed by atoms with E-state index in [-0.39, 0.29) is 11.9 Å². The minimum absolute atomic E-state index is 0.164. The van der Waals surface area contributed by atoms with Crippen molar-refractivity contribution in [1.29, 1.82) is 0 Å². The first-order valence-electron chi connectivity index (χ1n) is 6.90. The van der Waals surface area contributed by atoms with Crippen molar-refractivity contribution < 1.29 is 4.79 Å². The first-order chi connectivity index (χ1) is 9.24. The quantitative estimate of drug-likeness (QED) is 0.812. The lowest BCUT2D eigenvalue weighted by Gasteiger charge is -2.23. The van der Waals surface area contributed by atoms with Crippen LogP contribution in [-0.4, -0.2) is 35.0 Å². The van der Waals surface area contributed by atoms with Gasteiger partial charge in [-0.2, -0.15) is 11.8 Å². The van der Waals surface area contributed by atoms with E-state index in [1.807, 2.05) is 47.0 Å². The maximum atomic E-state index is 12.4. The van der Waals surface area contributed by atoms with Crippen LogP contribution in [0.5, 0.6) is 0 Å². The molecule has 19 heavy (non-hydrogen) atoms. The summed E-state index contributed by atoms with van der Waals surface area (Å²) in [5.74, 6) is 2.48. The second-order valence-electron chi connectivity index (χ2n) is 4.85. The number of carbonyl (C=O) groups excluding carboxylic acids is 1. The summed E-state index contributed by atoms with van der Waals surface area (Å²) < 4.78 is 0. The van der Waals surface area contributed by atoms with Crippen molar-refractivity contribution in [2.24, 2.45) is 0 Å². The predicted octanol–water partition coefficient (Wildman–Crippen LogP) is 2.65. The van der Waals surface area contributed by atoms with Crippen molar-refractivity contribution in [2.75, 3.05) is 18.2 Å². The van der Waals surface area contributed by atoms with Crippen LogP contribution in [0.2, 0.25) is 0 Å². The van der Waals surface area contributed by atoms with Gasteiger partial charge in [0.1, 0.15) is 6.04 Å². The summed E-state index contributed by atoms with van der Waals surface area (Å²) in [7, 11) is 0. The second-order valence-corrected chi connectivity index (χ2v) is 6.24. The number of nitrogens with zero attached hydrogens (tertiary/aromatic N) is 1. The van der Waals surface area contributed by atoms with Crippen LogP contribution in [0, 0.1) is 0 Å². The minimum atomic E-state index is -0.164. The summed E-state index contributed by atoms with van der Waals surface area (Å²) in [5, 5.41) is 3.31. The molecule has 1 aromatic carbocycles. The van der Waals surface area contributed by atoms with E-state index in [1.165, 1.54) is 0 Å². The number of amides is 1. The van der Waals surface area contributed by atoms with Crippen LogP contribution in [0.4, 0.5) is 0 Å². The summed E-state index contributed by atoms with van der Waals surface area (Å²) in [6.45, 7) is 4.98. The van der Waals surface area contributed by atoms with Gasteiger partial charge in [0.05, 0.1) is 6.67 Å². The molecular formula is C15H22N2OS. The molecule has 0 saturated carbocycles. The highest BCUT2D eigenvalue weighted by atomic mass is 32.2. The number of nitrogens with one attached hydrogen (secondary N) is 1. The Kier molecular flexibility index (Phi) is 5.28. The van der Waals surface area contributed by atoms with E-state index in [0.717, 1.165) is 23.5 Å². The van der Waals surface area contributed by atoms with Gasteiger partial charge in [0.15, 0.2) is 0 Å². The summed E-state index contributed by atoms with van der Waals surface area (Å²) in [4.78, 5) is 14.4. The largest absolute Gasteiger partial charge is 0.326 e. The fourth-order valence-corrected chi connectivity index (χ4v) is 3.15. The number of rotatable bonds is 6. The molecule has 104 valence electrons. The predicted molar refractivity (Wildman–Crippen MR) is 81.1 cm³/mol. The smallest absolute Gasteiger partial charge is 0.245 e. The second kappa shape index (κ2) is 6.96. The average molecular weight is 278 g/mol. The van der Waals surface area contributed by atoms with Crippen molar-refractivity contribution in [2.45, 2.75) is 32.4 Å². The van der Waals surface area contributed by atoms with Gasteiger partial charge < -0.3 is 4.90 Å². The molecule has 3 nitrogen and oxygen atoms in total. The molecule has 1 aliphatic rings. The molecule has 0 bridgehead atoms. The van der Waals surface area contributed by atoms with Crippen LogP contribution < -0.4 is 5.32 Å². The van der Waals surface area contributed by atoms with Gasteiger partial charge in [-0.25, -0.2) is 0 Å². The molecule has 2 unspecified atom stereocenters. The third kappa shape index (κ3) is 3.51. The normalized spacial score (nSPS) is 20.8. The molecule has 1 saturated heterocycles. The van der Waals surface area contributed by atoms with E-state index < -0.39 is 0 Å². The summed E-state index contributed by atoms with van der Waals surface area (Å²) >= 11 is 1.94. The first-order valence-corrected chi connectivity index (χ1v) is 8.06. The van der Waals surface area contributed by atoms with Crippen LogP contribution in [0.15, 0.2) is 30.3 Å². The number of benzene rings is 1. The third-order valence-corrected chi connectivity index (χ3v) is 4.48. The highest BCUT2D eigenvalue weighted by Gasteiger charge is 2.34. The lowest BCUT2D eigenvalue weighted by Crippen LogP contribution is -2.36. The Balaban J connectivity index is 1.94. The molecule has 0 spiro atoms. The Morgan fingerprint density at radius 3 is 2.84 bits per heavy atom. The number of carbonyl (C=O) groups is 1. The van der Waals surface area contributed by atoms with E-state index in [4.69, 9.17) is 0 Å². The Morgan fingerprint density at radius 2 is 2.16 bits per heavy atom. The van der Waals surface area contributed by atoms with Gasteiger partial charge in [0.25, 0.3) is 0 Å². The molecule has 1 heterocycles. The van der Waals surface area contributed by atoms with E-state index in [2.05, 4.69) is 19.2 Å². The Hall–Kier alpha value is -1.00. The zero-order chi connectivity index (χ0) is 13.7. The Bertz CT molecular complexity index is 410. The summed E-state index contributed by atoms with van der Waals surface area (Å²) in [6, 6.07) is 10.1. The first kappa shape index (κ1) is 14.4. The molecule has 2 atom stereocenters. The molecule has 4 heteroatoms. The van der Waals surface area contributed by atoms with Gasteiger partial charge in [0, 0.05) is 6.04 Å². The fourth-order valence-electron chi connectivity index (χ4n) is 2.35. The van der Waals surface area contributed by atoms with Crippen LogP contribution in [0.25, 0.3) is 0 Å². The van der Waals surface area contributed by atoms with Crippen molar-refractivity contribution in [1.82, 2.24) is 10.2 Å². The number of hydrogen-bond acceptors (Lipinski definition) is 3. The van der Waals surface area contributed by atoms with Crippen molar-refractivity contribution in [3.05, 3.63) is 35.9 Å². The highest BCUT2D eigenvalue weighted by Crippen LogP contribution is 2.23. The Labute approximate surface area is 119 Å². The summed E-state index contributed by atoms with van der Waals surface area (Å²) in [6.07, 6.45) is 1.06. The van der Waals surface area contributed by atoms with Crippen LogP contribution in [-0.2, 0) is 4.79 Å².